The molecule has 0 fully saturated rings. The number of anilines is 2. The molecule has 0 unspecified atom stereocenters. The smallest absolute Gasteiger partial charge is 0.265 e. The van der Waals surface area contributed by atoms with E-state index in [2.05, 4.69) is 10.2 Å². The molecule has 0 aliphatic carbocycles. The van der Waals surface area contributed by atoms with Crippen LogP contribution in [0.5, 0.6) is 11.5 Å². The second-order valence-electron chi connectivity index (χ2n) is 7.71. The molecule has 2 amide bonds. The summed E-state index contributed by atoms with van der Waals surface area (Å²) in [6.45, 7) is 5.39. The van der Waals surface area contributed by atoms with E-state index in [1.165, 1.54) is 0 Å². The van der Waals surface area contributed by atoms with Gasteiger partial charge in [-0.25, -0.2) is 0 Å². The molecule has 2 aromatic rings. The van der Waals surface area contributed by atoms with E-state index >= 15 is 0 Å². The number of amides is 2. The van der Waals surface area contributed by atoms with Crippen molar-refractivity contribution in [3.63, 3.8) is 0 Å². The van der Waals surface area contributed by atoms with Gasteiger partial charge in [-0.2, -0.15) is 0 Å². The molecule has 1 aliphatic rings. The van der Waals surface area contributed by atoms with Crippen LogP contribution in [-0.4, -0.2) is 57.1 Å². The molecule has 0 saturated carbocycles. The SMILES string of the molecule is Cc1cccc(OCC(=O)Nc2ccc3c(c2)N(CCCN(C)C)C(=O)CO3)c1C. The number of hydrogen-bond acceptors (Lipinski definition) is 5. The molecule has 1 N–H and O–H groups in total. The van der Waals surface area contributed by atoms with Gasteiger partial charge in [0, 0.05) is 12.2 Å². The van der Waals surface area contributed by atoms with Crippen LogP contribution in [0, 0.1) is 13.8 Å². The molecular weight excluding hydrogens is 382 g/mol. The first kappa shape index (κ1) is 21.6. The van der Waals surface area contributed by atoms with Gasteiger partial charge in [0.05, 0.1) is 5.69 Å². The first-order valence-corrected chi connectivity index (χ1v) is 10.1. The maximum absolute atomic E-state index is 12.4. The van der Waals surface area contributed by atoms with Gasteiger partial charge in [-0.1, -0.05) is 12.1 Å². The number of ether oxygens (including phenoxy) is 2. The molecule has 1 aliphatic heterocycles. The van der Waals surface area contributed by atoms with Crippen molar-refractivity contribution in [1.29, 1.82) is 0 Å². The van der Waals surface area contributed by atoms with Gasteiger partial charge in [-0.05, 0) is 76.3 Å². The van der Waals surface area contributed by atoms with Crippen molar-refractivity contribution in [3.8, 4) is 11.5 Å². The molecule has 2 aromatic carbocycles. The van der Waals surface area contributed by atoms with Crippen LogP contribution >= 0.6 is 0 Å². The Balaban J connectivity index is 1.65. The van der Waals surface area contributed by atoms with Crippen LogP contribution < -0.4 is 19.7 Å². The number of nitrogens with one attached hydrogen (secondary N) is 1. The molecule has 0 saturated heterocycles. The van der Waals surface area contributed by atoms with Crippen LogP contribution in [0.4, 0.5) is 11.4 Å². The predicted molar refractivity (Wildman–Crippen MR) is 118 cm³/mol. The monoisotopic (exact) mass is 411 g/mol. The van der Waals surface area contributed by atoms with Gasteiger partial charge in [-0.3, -0.25) is 9.59 Å². The average molecular weight is 412 g/mol. The quantitative estimate of drug-likeness (QED) is 0.723. The highest BCUT2D eigenvalue weighted by Gasteiger charge is 2.25. The van der Waals surface area contributed by atoms with E-state index in [4.69, 9.17) is 9.47 Å². The summed E-state index contributed by atoms with van der Waals surface area (Å²) in [4.78, 5) is 28.6. The third-order valence-corrected chi connectivity index (χ3v) is 5.09. The van der Waals surface area contributed by atoms with Gasteiger partial charge in [0.2, 0.25) is 0 Å². The molecule has 3 rings (SSSR count). The Hall–Kier alpha value is -3.06. The standard InChI is InChI=1S/C23H29N3O4/c1-16-7-5-8-20(17(16)2)29-14-22(27)24-18-9-10-21-19(13-18)26(23(28)15-30-21)12-6-11-25(3)4/h5,7-10,13H,6,11-12,14-15H2,1-4H3,(H,24,27). The van der Waals surface area contributed by atoms with Gasteiger partial charge in [0.25, 0.3) is 11.8 Å². The summed E-state index contributed by atoms with van der Waals surface area (Å²) in [5.74, 6) is 0.992. The van der Waals surface area contributed by atoms with E-state index in [0.717, 1.165) is 24.1 Å². The summed E-state index contributed by atoms with van der Waals surface area (Å²) < 4.78 is 11.2. The lowest BCUT2D eigenvalue weighted by Crippen LogP contribution is -2.40. The van der Waals surface area contributed by atoms with E-state index in [1.807, 2.05) is 46.1 Å². The van der Waals surface area contributed by atoms with Gasteiger partial charge in [0.1, 0.15) is 11.5 Å². The number of nitrogens with zero attached hydrogens (tertiary/aromatic N) is 2. The normalized spacial score (nSPS) is 13.1. The molecule has 7 nitrogen and oxygen atoms in total. The van der Waals surface area contributed by atoms with Crippen LogP contribution in [0.2, 0.25) is 0 Å². The van der Waals surface area contributed by atoms with Crippen molar-refractivity contribution in [3.05, 3.63) is 47.5 Å². The van der Waals surface area contributed by atoms with E-state index < -0.39 is 0 Å². The van der Waals surface area contributed by atoms with Crippen LogP contribution in [0.15, 0.2) is 36.4 Å². The second kappa shape index (κ2) is 9.63. The number of benzene rings is 2. The molecule has 0 radical (unpaired) electrons. The summed E-state index contributed by atoms with van der Waals surface area (Å²) in [5, 5.41) is 2.84. The minimum Gasteiger partial charge on any atom is -0.483 e. The average Bonchev–Trinajstić information content (AvgIpc) is 2.70. The van der Waals surface area contributed by atoms with Gasteiger partial charge in [-0.15, -0.1) is 0 Å². The zero-order valence-electron chi connectivity index (χ0n) is 18.0. The number of hydrogen-bond donors (Lipinski definition) is 1. The number of fused-ring (bicyclic) bond motifs is 1. The molecular formula is C23H29N3O4. The Labute approximate surface area is 177 Å². The number of carbonyl (C=O) groups is 2. The maximum Gasteiger partial charge on any atom is 0.265 e. The molecule has 1 heterocycles. The van der Waals surface area contributed by atoms with Crippen molar-refractivity contribution < 1.29 is 19.1 Å². The highest BCUT2D eigenvalue weighted by molar-refractivity contribution is 5.99. The molecule has 0 aromatic heterocycles. The summed E-state index contributed by atoms with van der Waals surface area (Å²) in [5.41, 5.74) is 3.40. The molecule has 0 atom stereocenters. The van der Waals surface area contributed by atoms with E-state index in [0.29, 0.717) is 29.4 Å². The summed E-state index contributed by atoms with van der Waals surface area (Å²) in [7, 11) is 4.01. The Morgan fingerprint density at radius 1 is 1.23 bits per heavy atom. The molecule has 0 spiro atoms. The Morgan fingerprint density at radius 3 is 2.80 bits per heavy atom. The Morgan fingerprint density at radius 2 is 2.03 bits per heavy atom. The first-order chi connectivity index (χ1) is 14.3. The second-order valence-corrected chi connectivity index (χ2v) is 7.71. The van der Waals surface area contributed by atoms with Crippen LogP contribution in [-0.2, 0) is 9.59 Å². The molecule has 7 heteroatoms. The van der Waals surface area contributed by atoms with Gasteiger partial charge >= 0.3 is 0 Å². The lowest BCUT2D eigenvalue weighted by Gasteiger charge is -2.30. The predicted octanol–water partition coefficient (Wildman–Crippen LogP) is 3.00. The highest BCUT2D eigenvalue weighted by atomic mass is 16.5. The minimum absolute atomic E-state index is 0.0321. The van der Waals surface area contributed by atoms with Crippen molar-refractivity contribution in [2.75, 3.05) is 50.6 Å². The first-order valence-electron chi connectivity index (χ1n) is 10.1. The number of aryl methyl sites for hydroxylation is 1. The Bertz CT molecular complexity index is 927. The summed E-state index contributed by atoms with van der Waals surface area (Å²) >= 11 is 0. The topological polar surface area (TPSA) is 71.1 Å². The molecule has 160 valence electrons. The van der Waals surface area contributed by atoms with Gasteiger partial charge in [0.15, 0.2) is 13.2 Å². The minimum atomic E-state index is -0.266. The third-order valence-electron chi connectivity index (χ3n) is 5.09. The maximum atomic E-state index is 12.4. The summed E-state index contributed by atoms with van der Waals surface area (Å²) in [6.07, 6.45) is 0.846. The fourth-order valence-electron chi connectivity index (χ4n) is 3.29. The fraction of sp³-hybridized carbons (Fsp3) is 0.391. The largest absolute Gasteiger partial charge is 0.483 e. The third kappa shape index (κ3) is 5.30. The Kier molecular flexibility index (Phi) is 6.95. The highest BCUT2D eigenvalue weighted by Crippen LogP contribution is 2.34. The van der Waals surface area contributed by atoms with Crippen molar-refractivity contribution in [1.82, 2.24) is 4.90 Å². The van der Waals surface area contributed by atoms with E-state index in [1.54, 1.807) is 23.1 Å². The van der Waals surface area contributed by atoms with E-state index in [-0.39, 0.29) is 25.0 Å². The van der Waals surface area contributed by atoms with Crippen molar-refractivity contribution in [2.45, 2.75) is 20.3 Å². The zero-order valence-corrected chi connectivity index (χ0v) is 18.0. The van der Waals surface area contributed by atoms with Crippen LogP contribution in [0.3, 0.4) is 0 Å². The van der Waals surface area contributed by atoms with Crippen LogP contribution in [0.1, 0.15) is 17.5 Å². The van der Waals surface area contributed by atoms with E-state index in [9.17, 15) is 9.59 Å². The molecule has 0 bridgehead atoms. The fourth-order valence-corrected chi connectivity index (χ4v) is 3.29. The number of rotatable bonds is 8. The van der Waals surface area contributed by atoms with Crippen LogP contribution in [0.25, 0.3) is 0 Å². The van der Waals surface area contributed by atoms with Gasteiger partial charge < -0.3 is 24.6 Å². The van der Waals surface area contributed by atoms with Crippen molar-refractivity contribution in [2.24, 2.45) is 0 Å². The lowest BCUT2D eigenvalue weighted by molar-refractivity contribution is -0.121. The van der Waals surface area contributed by atoms with Crippen molar-refractivity contribution >= 4 is 23.2 Å². The molecule has 30 heavy (non-hydrogen) atoms. The zero-order chi connectivity index (χ0) is 21.7. The number of carbonyl (C=O) groups excluding carboxylic acids is 2. The summed E-state index contributed by atoms with van der Waals surface area (Å²) in [6, 6.07) is 11.1. The lowest BCUT2D eigenvalue weighted by atomic mass is 10.1.